The number of amides is 1. The topological polar surface area (TPSA) is 94.9 Å². The van der Waals surface area contributed by atoms with Crippen LogP contribution in [-0.2, 0) is 9.84 Å². The van der Waals surface area contributed by atoms with Gasteiger partial charge in [0.05, 0.1) is 17.6 Å². The Hall–Kier alpha value is -0.820. The first kappa shape index (κ1) is 10.3. The predicted octanol–water partition coefficient (Wildman–Crippen LogP) is -1.24. The van der Waals surface area contributed by atoms with Gasteiger partial charge in [0.1, 0.15) is 0 Å². The molecule has 0 unspecified atom stereocenters. The third-order valence-corrected chi connectivity index (χ3v) is 4.07. The molecule has 0 radical (unpaired) electrons. The molecule has 0 aliphatic carbocycles. The molecule has 1 aliphatic rings. The Balaban J connectivity index is 2.47. The summed E-state index contributed by atoms with van der Waals surface area (Å²) in [5.74, 6) is -0.287. The third kappa shape index (κ3) is 2.10. The Morgan fingerprint density at radius 2 is 2.00 bits per heavy atom. The quantitative estimate of drug-likeness (QED) is 0.606. The summed E-state index contributed by atoms with van der Waals surface area (Å²) in [6.07, 6.45) is -1.10. The van der Waals surface area contributed by atoms with Crippen molar-refractivity contribution in [3.05, 3.63) is 0 Å². The second-order valence-electron chi connectivity index (χ2n) is 2.90. The van der Waals surface area contributed by atoms with Crippen LogP contribution in [0.5, 0.6) is 0 Å². The van der Waals surface area contributed by atoms with Gasteiger partial charge in [-0.15, -0.1) is 0 Å². The molecule has 1 heterocycles. The maximum Gasteiger partial charge on any atom is 0.407 e. The van der Waals surface area contributed by atoms with Crippen molar-refractivity contribution in [3.63, 3.8) is 0 Å². The van der Waals surface area contributed by atoms with Crippen LogP contribution in [-0.4, -0.2) is 60.3 Å². The maximum atomic E-state index is 11.2. The van der Waals surface area contributed by atoms with E-state index in [0.717, 1.165) is 4.90 Å². The van der Waals surface area contributed by atoms with Gasteiger partial charge in [0.25, 0.3) is 0 Å². The lowest BCUT2D eigenvalue weighted by Gasteiger charge is -2.36. The number of hydrogen-bond acceptors (Lipinski definition) is 4. The van der Waals surface area contributed by atoms with Gasteiger partial charge in [-0.3, -0.25) is 0 Å². The molecule has 1 fully saturated rings. The Labute approximate surface area is 75.7 Å². The molecule has 1 aliphatic heterocycles. The van der Waals surface area contributed by atoms with E-state index in [1.54, 1.807) is 0 Å². The molecule has 7 heteroatoms. The molecule has 0 aromatic heterocycles. The number of likely N-dealkylation sites (tertiary alicyclic amines) is 1. The second kappa shape index (κ2) is 3.51. The molecule has 0 atom stereocenters. The van der Waals surface area contributed by atoms with Crippen LogP contribution in [0.2, 0.25) is 0 Å². The van der Waals surface area contributed by atoms with Crippen molar-refractivity contribution < 1.29 is 23.4 Å². The van der Waals surface area contributed by atoms with Crippen LogP contribution >= 0.6 is 0 Å². The van der Waals surface area contributed by atoms with E-state index in [9.17, 15) is 13.2 Å². The normalized spacial score (nSPS) is 18.4. The van der Waals surface area contributed by atoms with Crippen LogP contribution in [0.25, 0.3) is 0 Å². The number of carboxylic acid groups (broad SMARTS) is 1. The van der Waals surface area contributed by atoms with E-state index in [0.29, 0.717) is 0 Å². The number of rotatable bonds is 3. The highest BCUT2D eigenvalue weighted by Gasteiger charge is 2.39. The zero-order chi connectivity index (χ0) is 10.1. The summed E-state index contributed by atoms with van der Waals surface area (Å²) in [7, 11) is -3.30. The van der Waals surface area contributed by atoms with Gasteiger partial charge in [0.15, 0.2) is 9.84 Å². The SMILES string of the molecule is O=C(O)N1CC(S(=O)(=O)CCO)C1. The first-order chi connectivity index (χ1) is 5.97. The highest BCUT2D eigenvalue weighted by molar-refractivity contribution is 7.92. The first-order valence-electron chi connectivity index (χ1n) is 3.77. The number of aliphatic hydroxyl groups excluding tert-OH is 1. The first-order valence-corrected chi connectivity index (χ1v) is 5.49. The van der Waals surface area contributed by atoms with Crippen molar-refractivity contribution in [2.75, 3.05) is 25.4 Å². The zero-order valence-corrected chi connectivity index (χ0v) is 7.70. The van der Waals surface area contributed by atoms with Gasteiger partial charge in [0, 0.05) is 13.1 Å². The molecule has 0 spiro atoms. The molecule has 6 nitrogen and oxygen atoms in total. The molecule has 0 aromatic carbocycles. The summed E-state index contributed by atoms with van der Waals surface area (Å²) >= 11 is 0. The molecule has 2 N–H and O–H groups in total. The Bertz CT molecular complexity index is 292. The summed E-state index contributed by atoms with van der Waals surface area (Å²) < 4.78 is 22.4. The minimum absolute atomic E-state index is 0.0255. The standard InChI is InChI=1S/C6H11NO5S/c8-1-2-13(11,12)5-3-7(4-5)6(9)10/h5,8H,1-4H2,(H,9,10). The molecule has 13 heavy (non-hydrogen) atoms. The summed E-state index contributed by atoms with van der Waals surface area (Å²) in [5, 5.41) is 16.2. The van der Waals surface area contributed by atoms with Gasteiger partial charge in [0.2, 0.25) is 0 Å². The molecule has 1 amide bonds. The van der Waals surface area contributed by atoms with E-state index in [1.165, 1.54) is 0 Å². The molecule has 1 saturated heterocycles. The fraction of sp³-hybridized carbons (Fsp3) is 0.833. The Morgan fingerprint density at radius 3 is 2.38 bits per heavy atom. The largest absolute Gasteiger partial charge is 0.465 e. The molecular weight excluding hydrogens is 198 g/mol. The number of aliphatic hydroxyl groups is 1. The fourth-order valence-corrected chi connectivity index (χ4v) is 2.52. The van der Waals surface area contributed by atoms with Crippen LogP contribution in [0.15, 0.2) is 0 Å². The van der Waals surface area contributed by atoms with E-state index in [4.69, 9.17) is 10.2 Å². The molecule has 76 valence electrons. The zero-order valence-electron chi connectivity index (χ0n) is 6.88. The Kier molecular flexibility index (Phi) is 2.77. The van der Waals surface area contributed by atoms with Crippen LogP contribution in [0.3, 0.4) is 0 Å². The molecule has 0 aromatic rings. The van der Waals surface area contributed by atoms with E-state index < -0.39 is 27.8 Å². The molecule has 0 saturated carbocycles. The van der Waals surface area contributed by atoms with Crippen molar-refractivity contribution in [1.29, 1.82) is 0 Å². The van der Waals surface area contributed by atoms with Crippen molar-refractivity contribution in [1.82, 2.24) is 4.90 Å². The summed E-state index contributed by atoms with van der Waals surface area (Å²) in [6.45, 7) is -0.360. The number of nitrogens with zero attached hydrogens (tertiary/aromatic N) is 1. The highest BCUT2D eigenvalue weighted by atomic mass is 32.2. The van der Waals surface area contributed by atoms with Crippen molar-refractivity contribution >= 4 is 15.9 Å². The average molecular weight is 209 g/mol. The molecule has 1 rings (SSSR count). The minimum Gasteiger partial charge on any atom is -0.465 e. The lowest BCUT2D eigenvalue weighted by molar-refractivity contribution is 0.119. The van der Waals surface area contributed by atoms with Gasteiger partial charge < -0.3 is 15.1 Å². The lowest BCUT2D eigenvalue weighted by Crippen LogP contribution is -2.57. The summed E-state index contributed by atoms with van der Waals surface area (Å²) in [4.78, 5) is 11.3. The van der Waals surface area contributed by atoms with Gasteiger partial charge in [-0.1, -0.05) is 0 Å². The van der Waals surface area contributed by atoms with E-state index >= 15 is 0 Å². The van der Waals surface area contributed by atoms with Crippen LogP contribution in [0, 0.1) is 0 Å². The van der Waals surface area contributed by atoms with Crippen LogP contribution in [0.4, 0.5) is 4.79 Å². The van der Waals surface area contributed by atoms with E-state index in [2.05, 4.69) is 0 Å². The fourth-order valence-electron chi connectivity index (χ4n) is 1.12. The Morgan fingerprint density at radius 1 is 1.46 bits per heavy atom. The van der Waals surface area contributed by atoms with Crippen LogP contribution < -0.4 is 0 Å². The van der Waals surface area contributed by atoms with Crippen LogP contribution in [0.1, 0.15) is 0 Å². The maximum absolute atomic E-state index is 11.2. The van der Waals surface area contributed by atoms with Gasteiger partial charge in [-0.2, -0.15) is 0 Å². The minimum atomic E-state index is -3.30. The lowest BCUT2D eigenvalue weighted by atomic mass is 10.2. The predicted molar refractivity (Wildman–Crippen MR) is 44.3 cm³/mol. The monoisotopic (exact) mass is 209 g/mol. The second-order valence-corrected chi connectivity index (χ2v) is 5.30. The van der Waals surface area contributed by atoms with Gasteiger partial charge in [-0.25, -0.2) is 13.2 Å². The smallest absolute Gasteiger partial charge is 0.407 e. The van der Waals surface area contributed by atoms with Crippen molar-refractivity contribution in [2.24, 2.45) is 0 Å². The number of hydrogen-bond donors (Lipinski definition) is 2. The summed E-state index contributed by atoms with van der Waals surface area (Å²) in [6, 6.07) is 0. The molecular formula is C6H11NO5S. The number of sulfone groups is 1. The van der Waals surface area contributed by atoms with Crippen molar-refractivity contribution in [3.8, 4) is 0 Å². The molecule has 0 bridgehead atoms. The third-order valence-electron chi connectivity index (χ3n) is 2.00. The highest BCUT2D eigenvalue weighted by Crippen LogP contribution is 2.16. The van der Waals surface area contributed by atoms with E-state index in [-0.39, 0.29) is 18.8 Å². The van der Waals surface area contributed by atoms with Gasteiger partial charge in [-0.05, 0) is 0 Å². The average Bonchev–Trinajstić information content (AvgIpc) is 1.79. The summed E-state index contributed by atoms with van der Waals surface area (Å²) in [5.41, 5.74) is 0. The number of carbonyl (C=O) groups is 1. The van der Waals surface area contributed by atoms with Crippen molar-refractivity contribution in [2.45, 2.75) is 5.25 Å². The van der Waals surface area contributed by atoms with Gasteiger partial charge >= 0.3 is 6.09 Å². The van der Waals surface area contributed by atoms with E-state index in [1.807, 2.05) is 0 Å².